The van der Waals surface area contributed by atoms with Crippen LogP contribution in [-0.2, 0) is 9.53 Å². The molecule has 3 aromatic rings. The van der Waals surface area contributed by atoms with Crippen molar-refractivity contribution in [3.8, 4) is 5.82 Å². The van der Waals surface area contributed by atoms with E-state index >= 15 is 0 Å². The minimum absolute atomic E-state index is 0.00491. The lowest BCUT2D eigenvalue weighted by Gasteiger charge is -2.12. The molecular formula is C20H20N4O3. The second-order valence-electron chi connectivity index (χ2n) is 6.62. The van der Waals surface area contributed by atoms with Crippen molar-refractivity contribution >= 4 is 28.6 Å². The fraction of sp³-hybridized carbons (Fsp3) is 0.300. The van der Waals surface area contributed by atoms with Crippen LogP contribution < -0.4 is 5.32 Å². The molecule has 0 saturated heterocycles. The molecule has 1 aromatic carbocycles. The van der Waals surface area contributed by atoms with E-state index in [0.29, 0.717) is 11.6 Å². The molecule has 4 rings (SSSR count). The number of pyridine rings is 1. The van der Waals surface area contributed by atoms with Gasteiger partial charge >= 0.3 is 5.97 Å². The summed E-state index contributed by atoms with van der Waals surface area (Å²) in [4.78, 5) is 29.3. The number of esters is 1. The van der Waals surface area contributed by atoms with Crippen molar-refractivity contribution in [3.63, 3.8) is 0 Å². The van der Waals surface area contributed by atoms with Crippen molar-refractivity contribution in [1.82, 2.24) is 14.8 Å². The zero-order chi connectivity index (χ0) is 19.0. The molecule has 0 aliphatic heterocycles. The fourth-order valence-corrected chi connectivity index (χ4v) is 3.01. The number of hydrogen-bond donors (Lipinski definition) is 1. The van der Waals surface area contributed by atoms with Crippen LogP contribution in [0.15, 0.2) is 36.5 Å². The van der Waals surface area contributed by atoms with E-state index in [1.807, 2.05) is 37.3 Å². The molecule has 7 nitrogen and oxygen atoms in total. The average Bonchev–Trinajstić information content (AvgIpc) is 3.43. The molecule has 1 saturated carbocycles. The van der Waals surface area contributed by atoms with Crippen LogP contribution in [-0.4, -0.2) is 33.2 Å². The minimum Gasteiger partial charge on any atom is -0.462 e. The molecular weight excluding hydrogens is 344 g/mol. The summed E-state index contributed by atoms with van der Waals surface area (Å²) in [7, 11) is 0. The third kappa shape index (κ3) is 3.28. The Hall–Kier alpha value is -3.22. The molecule has 2 heterocycles. The van der Waals surface area contributed by atoms with Gasteiger partial charge in [-0.2, -0.15) is 9.78 Å². The summed E-state index contributed by atoms with van der Waals surface area (Å²) in [6.07, 6.45) is 3.14. The first-order valence-electron chi connectivity index (χ1n) is 9.01. The molecule has 1 fully saturated rings. The highest BCUT2D eigenvalue weighted by Gasteiger charge is 2.32. The number of fused-ring (bicyclic) bond motifs is 1. The fourth-order valence-electron chi connectivity index (χ4n) is 3.01. The van der Waals surface area contributed by atoms with Gasteiger partial charge in [0.05, 0.1) is 18.3 Å². The number of nitrogens with zero attached hydrogens (tertiary/aromatic N) is 3. The van der Waals surface area contributed by atoms with Gasteiger partial charge in [0, 0.05) is 11.3 Å². The first-order chi connectivity index (χ1) is 13.1. The second-order valence-corrected chi connectivity index (χ2v) is 6.62. The van der Waals surface area contributed by atoms with Gasteiger partial charge in [0.1, 0.15) is 5.56 Å². The molecule has 138 valence electrons. The van der Waals surface area contributed by atoms with Crippen molar-refractivity contribution in [2.24, 2.45) is 5.92 Å². The molecule has 1 N–H and O–H groups in total. The number of rotatable bonds is 5. The summed E-state index contributed by atoms with van der Waals surface area (Å²) in [6.45, 7) is 3.97. The number of nitrogens with one attached hydrogen (secondary N) is 1. The molecule has 7 heteroatoms. The van der Waals surface area contributed by atoms with E-state index < -0.39 is 5.97 Å². The molecule has 2 aromatic heterocycles. The highest BCUT2D eigenvalue weighted by Crippen LogP contribution is 2.31. The summed E-state index contributed by atoms with van der Waals surface area (Å²) < 4.78 is 6.60. The van der Waals surface area contributed by atoms with Crippen molar-refractivity contribution < 1.29 is 14.3 Å². The van der Waals surface area contributed by atoms with Crippen LogP contribution in [0.4, 0.5) is 5.82 Å². The van der Waals surface area contributed by atoms with E-state index in [-0.39, 0.29) is 24.0 Å². The van der Waals surface area contributed by atoms with Gasteiger partial charge < -0.3 is 10.1 Å². The van der Waals surface area contributed by atoms with Crippen molar-refractivity contribution in [2.75, 3.05) is 11.9 Å². The number of aromatic nitrogens is 3. The molecule has 0 spiro atoms. The van der Waals surface area contributed by atoms with Crippen molar-refractivity contribution in [1.29, 1.82) is 0 Å². The zero-order valence-corrected chi connectivity index (χ0v) is 15.2. The van der Waals surface area contributed by atoms with E-state index in [1.54, 1.807) is 6.92 Å². The predicted molar refractivity (Wildman–Crippen MR) is 101 cm³/mol. The molecule has 0 bridgehead atoms. The van der Waals surface area contributed by atoms with Gasteiger partial charge in [-0.05, 0) is 44.4 Å². The van der Waals surface area contributed by atoms with Gasteiger partial charge in [-0.15, -0.1) is 0 Å². The van der Waals surface area contributed by atoms with Gasteiger partial charge in [0.15, 0.2) is 11.6 Å². The number of carbonyl (C=O) groups excluding carboxylic acids is 2. The molecule has 0 unspecified atom stereocenters. The summed E-state index contributed by atoms with van der Waals surface area (Å²) in [5.74, 6) is 0.197. The predicted octanol–water partition coefficient (Wildman–Crippen LogP) is 3.25. The molecule has 1 aliphatic carbocycles. The smallest absolute Gasteiger partial charge is 0.343 e. The Kier molecular flexibility index (Phi) is 4.35. The van der Waals surface area contributed by atoms with Gasteiger partial charge in [0.25, 0.3) is 0 Å². The normalized spacial score (nSPS) is 13.6. The maximum absolute atomic E-state index is 12.3. The average molecular weight is 364 g/mol. The first-order valence-corrected chi connectivity index (χ1v) is 9.01. The third-order valence-corrected chi connectivity index (χ3v) is 4.58. The van der Waals surface area contributed by atoms with Crippen LogP contribution in [0.3, 0.4) is 0 Å². The largest absolute Gasteiger partial charge is 0.462 e. The Morgan fingerprint density at radius 2 is 2.07 bits per heavy atom. The summed E-state index contributed by atoms with van der Waals surface area (Å²) in [5, 5.41) is 8.20. The summed E-state index contributed by atoms with van der Waals surface area (Å²) in [6, 6.07) is 9.69. The highest BCUT2D eigenvalue weighted by atomic mass is 16.5. The second kappa shape index (κ2) is 6.83. The lowest BCUT2D eigenvalue weighted by atomic mass is 10.1. The van der Waals surface area contributed by atoms with Crippen molar-refractivity contribution in [3.05, 3.63) is 47.7 Å². The van der Waals surface area contributed by atoms with E-state index in [1.165, 1.54) is 10.9 Å². The van der Waals surface area contributed by atoms with Crippen LogP contribution in [0.5, 0.6) is 0 Å². The van der Waals surface area contributed by atoms with E-state index in [2.05, 4.69) is 15.4 Å². The number of para-hydroxylation sites is 1. The number of benzene rings is 1. The standard InChI is InChI=1S/C20H20N4O3/c1-3-27-20(26)15-11-21-24(18(15)23-19(25)13-8-9-13)17-10-12(2)14-6-4-5-7-16(14)22-17/h4-7,10-11,13H,3,8-9H2,1-2H3,(H,23,25). The Morgan fingerprint density at radius 3 is 2.81 bits per heavy atom. The highest BCUT2D eigenvalue weighted by molar-refractivity contribution is 6.01. The molecule has 0 radical (unpaired) electrons. The first kappa shape index (κ1) is 17.2. The zero-order valence-electron chi connectivity index (χ0n) is 15.2. The van der Waals surface area contributed by atoms with Crippen LogP contribution >= 0.6 is 0 Å². The van der Waals surface area contributed by atoms with Crippen LogP contribution in [0.1, 0.15) is 35.7 Å². The van der Waals surface area contributed by atoms with E-state index in [4.69, 9.17) is 4.74 Å². The summed E-state index contributed by atoms with van der Waals surface area (Å²) in [5.41, 5.74) is 2.07. The third-order valence-electron chi connectivity index (χ3n) is 4.58. The Labute approximate surface area is 156 Å². The number of amides is 1. The quantitative estimate of drug-likeness (QED) is 0.702. The monoisotopic (exact) mass is 364 g/mol. The molecule has 0 atom stereocenters. The Balaban J connectivity index is 1.82. The van der Waals surface area contributed by atoms with Gasteiger partial charge in [-0.25, -0.2) is 9.78 Å². The van der Waals surface area contributed by atoms with Gasteiger partial charge in [-0.1, -0.05) is 18.2 Å². The van der Waals surface area contributed by atoms with E-state index in [9.17, 15) is 9.59 Å². The van der Waals surface area contributed by atoms with Crippen LogP contribution in [0.25, 0.3) is 16.7 Å². The van der Waals surface area contributed by atoms with Crippen LogP contribution in [0, 0.1) is 12.8 Å². The number of ether oxygens (including phenoxy) is 1. The Morgan fingerprint density at radius 1 is 1.30 bits per heavy atom. The lowest BCUT2D eigenvalue weighted by molar-refractivity contribution is -0.117. The lowest BCUT2D eigenvalue weighted by Crippen LogP contribution is -2.19. The summed E-state index contributed by atoms with van der Waals surface area (Å²) >= 11 is 0. The topological polar surface area (TPSA) is 86.1 Å². The molecule has 1 aliphatic rings. The molecule has 27 heavy (non-hydrogen) atoms. The number of anilines is 1. The number of aryl methyl sites for hydroxylation is 1. The minimum atomic E-state index is -0.521. The Bertz CT molecular complexity index is 1040. The maximum atomic E-state index is 12.3. The number of carbonyl (C=O) groups is 2. The van der Waals surface area contributed by atoms with Crippen LogP contribution in [0.2, 0.25) is 0 Å². The number of hydrogen-bond acceptors (Lipinski definition) is 5. The molecule has 1 amide bonds. The SMILES string of the molecule is CCOC(=O)c1cnn(-c2cc(C)c3ccccc3n2)c1NC(=O)C1CC1. The van der Waals surface area contributed by atoms with Crippen molar-refractivity contribution in [2.45, 2.75) is 26.7 Å². The maximum Gasteiger partial charge on any atom is 0.343 e. The van der Waals surface area contributed by atoms with Gasteiger partial charge in [0.2, 0.25) is 5.91 Å². The van der Waals surface area contributed by atoms with E-state index in [0.717, 1.165) is 29.3 Å². The van der Waals surface area contributed by atoms with Gasteiger partial charge in [-0.3, -0.25) is 4.79 Å².